The molecule has 2 heterocycles. The molecule has 0 amide bonds. The summed E-state index contributed by atoms with van der Waals surface area (Å²) in [6, 6.07) is 6.04. The smallest absolute Gasteiger partial charge is 0.219 e. The summed E-state index contributed by atoms with van der Waals surface area (Å²) in [7, 11) is 3.36. The van der Waals surface area contributed by atoms with Gasteiger partial charge in [-0.05, 0) is 43.6 Å². The van der Waals surface area contributed by atoms with Gasteiger partial charge in [-0.3, -0.25) is 4.90 Å². The van der Waals surface area contributed by atoms with Gasteiger partial charge in [0, 0.05) is 24.4 Å². The Balaban J connectivity index is 1.59. The Labute approximate surface area is 149 Å². The average Bonchev–Trinajstić information content (AvgIpc) is 3.12. The van der Waals surface area contributed by atoms with E-state index >= 15 is 0 Å². The molecule has 1 aliphatic rings. The highest BCUT2D eigenvalue weighted by Gasteiger charge is 2.25. The molecule has 25 heavy (non-hydrogen) atoms. The summed E-state index contributed by atoms with van der Waals surface area (Å²) in [6.45, 7) is 7.07. The summed E-state index contributed by atoms with van der Waals surface area (Å²) in [6.07, 6.45) is 2.08. The number of rotatable bonds is 6. The first-order valence-electron chi connectivity index (χ1n) is 8.86. The molecule has 0 N–H and O–H groups in total. The van der Waals surface area contributed by atoms with Gasteiger partial charge < -0.3 is 13.9 Å². The van der Waals surface area contributed by atoms with E-state index in [2.05, 4.69) is 41.1 Å². The molecule has 0 atom stereocenters. The predicted molar refractivity (Wildman–Crippen MR) is 95.2 cm³/mol. The van der Waals surface area contributed by atoms with Crippen molar-refractivity contribution in [2.45, 2.75) is 45.1 Å². The lowest BCUT2D eigenvalue weighted by Gasteiger charge is -2.30. The van der Waals surface area contributed by atoms with Crippen LogP contribution in [0.25, 0.3) is 0 Å². The molecule has 3 rings (SSSR count). The molecule has 0 spiro atoms. The fourth-order valence-electron chi connectivity index (χ4n) is 3.20. The molecular formula is C19H27N3O3. The van der Waals surface area contributed by atoms with E-state index in [0.29, 0.717) is 5.92 Å². The summed E-state index contributed by atoms with van der Waals surface area (Å²) in [4.78, 5) is 2.45. The molecule has 6 nitrogen and oxygen atoms in total. The average molecular weight is 345 g/mol. The number of nitrogens with zero attached hydrogens (tertiary/aromatic N) is 3. The highest BCUT2D eigenvalue weighted by atomic mass is 16.5. The number of ether oxygens (including phenoxy) is 2. The SMILES string of the molecule is COc1cc(CN2CCC(c3nnc(C(C)C)o3)CC2)cc(OC)c1. The fourth-order valence-corrected chi connectivity index (χ4v) is 3.20. The van der Waals surface area contributed by atoms with Crippen LogP contribution in [-0.2, 0) is 6.54 Å². The molecule has 0 bridgehead atoms. The topological polar surface area (TPSA) is 60.6 Å². The van der Waals surface area contributed by atoms with Gasteiger partial charge in [0.05, 0.1) is 14.2 Å². The van der Waals surface area contributed by atoms with Crippen molar-refractivity contribution in [3.63, 3.8) is 0 Å². The minimum absolute atomic E-state index is 0.282. The third kappa shape index (κ3) is 4.31. The standard InChI is InChI=1S/C19H27N3O3/c1-13(2)18-20-21-19(25-18)15-5-7-22(8-6-15)12-14-9-16(23-3)11-17(10-14)24-4/h9-11,13,15H,5-8,12H2,1-4H3. The Hall–Kier alpha value is -2.08. The Morgan fingerprint density at radius 3 is 2.24 bits per heavy atom. The quantitative estimate of drug-likeness (QED) is 0.797. The first-order chi connectivity index (χ1) is 12.1. The van der Waals surface area contributed by atoms with Crippen LogP contribution in [0, 0.1) is 0 Å². The number of aromatic nitrogens is 2. The zero-order chi connectivity index (χ0) is 17.8. The van der Waals surface area contributed by atoms with Crippen molar-refractivity contribution in [3.8, 4) is 11.5 Å². The van der Waals surface area contributed by atoms with E-state index in [1.54, 1.807) is 14.2 Å². The van der Waals surface area contributed by atoms with E-state index < -0.39 is 0 Å². The molecule has 0 unspecified atom stereocenters. The normalized spacial score (nSPS) is 16.4. The molecule has 0 saturated carbocycles. The second-order valence-corrected chi connectivity index (χ2v) is 6.90. The maximum atomic E-state index is 5.82. The van der Waals surface area contributed by atoms with Crippen molar-refractivity contribution < 1.29 is 13.9 Å². The summed E-state index contributed by atoms with van der Waals surface area (Å²) < 4.78 is 16.5. The fraction of sp³-hybridized carbons (Fsp3) is 0.579. The van der Waals surface area contributed by atoms with Gasteiger partial charge in [0.25, 0.3) is 0 Å². The highest BCUT2D eigenvalue weighted by molar-refractivity contribution is 5.38. The molecule has 1 fully saturated rings. The Kier molecular flexibility index (Phi) is 5.58. The van der Waals surface area contributed by atoms with Crippen molar-refractivity contribution in [3.05, 3.63) is 35.5 Å². The molecule has 1 aromatic carbocycles. The number of likely N-dealkylation sites (tertiary alicyclic amines) is 1. The molecule has 6 heteroatoms. The molecule has 0 radical (unpaired) electrons. The van der Waals surface area contributed by atoms with E-state index in [1.807, 2.05) is 6.07 Å². The largest absolute Gasteiger partial charge is 0.497 e. The van der Waals surface area contributed by atoms with Gasteiger partial charge in [-0.2, -0.15) is 0 Å². The van der Waals surface area contributed by atoms with Crippen LogP contribution in [0.1, 0.15) is 55.9 Å². The van der Waals surface area contributed by atoms with Gasteiger partial charge in [-0.25, -0.2) is 0 Å². The third-order valence-corrected chi connectivity index (χ3v) is 4.70. The van der Waals surface area contributed by atoms with Gasteiger partial charge in [-0.1, -0.05) is 13.8 Å². The summed E-state index contributed by atoms with van der Waals surface area (Å²) in [5.74, 6) is 3.85. The first kappa shape index (κ1) is 17.7. The van der Waals surface area contributed by atoms with Gasteiger partial charge in [0.2, 0.25) is 11.8 Å². The lowest BCUT2D eigenvalue weighted by atomic mass is 9.96. The molecule has 1 aliphatic heterocycles. The van der Waals surface area contributed by atoms with Crippen LogP contribution in [0.5, 0.6) is 11.5 Å². The van der Waals surface area contributed by atoms with E-state index in [-0.39, 0.29) is 5.92 Å². The van der Waals surface area contributed by atoms with E-state index in [1.165, 1.54) is 5.56 Å². The van der Waals surface area contributed by atoms with Crippen LogP contribution in [0.2, 0.25) is 0 Å². The van der Waals surface area contributed by atoms with Crippen LogP contribution >= 0.6 is 0 Å². The monoisotopic (exact) mass is 345 g/mol. The molecule has 136 valence electrons. The Morgan fingerprint density at radius 2 is 1.72 bits per heavy atom. The molecule has 1 aromatic heterocycles. The zero-order valence-electron chi connectivity index (χ0n) is 15.5. The predicted octanol–water partition coefficient (Wildman–Crippen LogP) is 3.59. The van der Waals surface area contributed by atoms with Crippen molar-refractivity contribution in [2.24, 2.45) is 0 Å². The van der Waals surface area contributed by atoms with Crippen LogP contribution < -0.4 is 9.47 Å². The minimum atomic E-state index is 0.282. The van der Waals surface area contributed by atoms with Crippen LogP contribution in [0.3, 0.4) is 0 Å². The molecule has 1 saturated heterocycles. The van der Waals surface area contributed by atoms with Crippen LogP contribution in [0.4, 0.5) is 0 Å². The van der Waals surface area contributed by atoms with Gasteiger partial charge in [0.1, 0.15) is 11.5 Å². The lowest BCUT2D eigenvalue weighted by molar-refractivity contribution is 0.191. The van der Waals surface area contributed by atoms with Crippen LogP contribution in [0.15, 0.2) is 22.6 Å². The van der Waals surface area contributed by atoms with Gasteiger partial charge in [-0.15, -0.1) is 10.2 Å². The summed E-state index contributed by atoms with van der Waals surface area (Å²) in [5.41, 5.74) is 1.20. The van der Waals surface area contributed by atoms with Crippen molar-refractivity contribution in [2.75, 3.05) is 27.3 Å². The number of hydrogen-bond acceptors (Lipinski definition) is 6. The minimum Gasteiger partial charge on any atom is -0.497 e. The van der Waals surface area contributed by atoms with Crippen molar-refractivity contribution >= 4 is 0 Å². The van der Waals surface area contributed by atoms with E-state index in [4.69, 9.17) is 13.9 Å². The van der Waals surface area contributed by atoms with E-state index in [0.717, 1.165) is 55.8 Å². The molecule has 0 aliphatic carbocycles. The molecular weight excluding hydrogens is 318 g/mol. The van der Waals surface area contributed by atoms with Crippen molar-refractivity contribution in [1.29, 1.82) is 0 Å². The number of methoxy groups -OCH3 is 2. The maximum Gasteiger partial charge on any atom is 0.219 e. The molecule has 2 aromatic rings. The summed E-state index contributed by atoms with van der Waals surface area (Å²) in [5, 5.41) is 8.41. The van der Waals surface area contributed by atoms with Gasteiger partial charge in [0.15, 0.2) is 0 Å². The van der Waals surface area contributed by atoms with Crippen molar-refractivity contribution in [1.82, 2.24) is 15.1 Å². The van der Waals surface area contributed by atoms with Gasteiger partial charge >= 0.3 is 0 Å². The van der Waals surface area contributed by atoms with Crippen LogP contribution in [-0.4, -0.2) is 42.4 Å². The highest BCUT2D eigenvalue weighted by Crippen LogP contribution is 2.30. The van der Waals surface area contributed by atoms with E-state index in [9.17, 15) is 0 Å². The first-order valence-corrected chi connectivity index (χ1v) is 8.86. The Bertz CT molecular complexity index is 669. The Morgan fingerprint density at radius 1 is 1.08 bits per heavy atom. The zero-order valence-corrected chi connectivity index (χ0v) is 15.5. The third-order valence-electron chi connectivity index (χ3n) is 4.70. The number of hydrogen-bond donors (Lipinski definition) is 0. The lowest BCUT2D eigenvalue weighted by Crippen LogP contribution is -2.32. The second kappa shape index (κ2) is 7.87. The maximum absolute atomic E-state index is 5.82. The number of piperidine rings is 1. The number of benzene rings is 1. The summed E-state index contributed by atoms with van der Waals surface area (Å²) >= 11 is 0. The second-order valence-electron chi connectivity index (χ2n) is 6.90.